The lowest BCUT2D eigenvalue weighted by Gasteiger charge is -2.34. The highest BCUT2D eigenvalue weighted by atomic mass is 16.3. The zero-order valence-electron chi connectivity index (χ0n) is 13.2. The van der Waals surface area contributed by atoms with Gasteiger partial charge in [-0.25, -0.2) is 4.98 Å². The lowest BCUT2D eigenvalue weighted by molar-refractivity contribution is 0.286. The van der Waals surface area contributed by atoms with E-state index < -0.39 is 0 Å². The molecule has 0 unspecified atom stereocenters. The molecular weight excluding hydrogens is 278 g/mol. The highest BCUT2D eigenvalue weighted by molar-refractivity contribution is 5.52. The highest BCUT2D eigenvalue weighted by Crippen LogP contribution is 2.19. The number of hydrogen-bond donors (Lipinski definition) is 2. The third kappa shape index (κ3) is 3.40. The largest absolute Gasteiger partial charge is 0.396 e. The summed E-state index contributed by atoms with van der Waals surface area (Å²) in [5.74, 6) is 1.22. The van der Waals surface area contributed by atoms with Crippen molar-refractivity contribution in [2.45, 2.75) is 13.0 Å². The average molecular weight is 303 g/mol. The Morgan fingerprint density at radius 2 is 2.05 bits per heavy atom. The predicted octanol–water partition coefficient (Wildman–Crippen LogP) is 0.558. The number of nitrogens with one attached hydrogen (secondary N) is 1. The van der Waals surface area contributed by atoms with Crippen LogP contribution in [-0.2, 0) is 6.54 Å². The molecule has 22 heavy (non-hydrogen) atoms. The number of likely N-dealkylation sites (N-methyl/N-ethyl adjacent to an activating group) is 1. The molecule has 0 atom stereocenters. The summed E-state index contributed by atoms with van der Waals surface area (Å²) in [6.45, 7) is 6.09. The maximum atomic E-state index is 8.81. The number of hydrogen-bond acceptors (Lipinski definition) is 5. The number of imidazole rings is 1. The molecule has 6 heteroatoms. The van der Waals surface area contributed by atoms with Gasteiger partial charge in [0.05, 0.1) is 5.69 Å². The molecule has 0 bridgehead atoms. The van der Waals surface area contributed by atoms with Gasteiger partial charge in [0.1, 0.15) is 11.5 Å². The smallest absolute Gasteiger partial charge is 0.138 e. The number of rotatable bonds is 6. The van der Waals surface area contributed by atoms with Crippen molar-refractivity contribution in [3.05, 3.63) is 30.1 Å². The highest BCUT2D eigenvalue weighted by Gasteiger charge is 2.16. The standard InChI is InChI=1S/C16H25N5O/c1-19-7-9-20(10-8-19)16-5-2-4-15-18-14(13-21(15)16)12-17-6-3-11-22/h2,4-5,13,17,22H,3,6-12H2,1H3. The summed E-state index contributed by atoms with van der Waals surface area (Å²) in [5, 5.41) is 12.1. The van der Waals surface area contributed by atoms with Crippen LogP contribution in [0.15, 0.2) is 24.4 Å². The van der Waals surface area contributed by atoms with Crippen molar-refractivity contribution in [2.24, 2.45) is 0 Å². The van der Waals surface area contributed by atoms with Gasteiger partial charge in [-0.2, -0.15) is 0 Å². The lowest BCUT2D eigenvalue weighted by Crippen LogP contribution is -2.45. The number of nitrogens with zero attached hydrogens (tertiary/aromatic N) is 4. The van der Waals surface area contributed by atoms with Gasteiger partial charge in [0.25, 0.3) is 0 Å². The van der Waals surface area contributed by atoms with E-state index in [1.54, 1.807) is 0 Å². The molecule has 1 aliphatic heterocycles. The monoisotopic (exact) mass is 303 g/mol. The maximum Gasteiger partial charge on any atom is 0.138 e. The number of aliphatic hydroxyl groups is 1. The topological polar surface area (TPSA) is 56.0 Å². The molecule has 120 valence electrons. The average Bonchev–Trinajstić information content (AvgIpc) is 2.95. The predicted molar refractivity (Wildman–Crippen MR) is 88.3 cm³/mol. The van der Waals surface area contributed by atoms with Crippen LogP contribution < -0.4 is 10.2 Å². The number of aromatic nitrogens is 2. The van der Waals surface area contributed by atoms with Gasteiger partial charge in [0, 0.05) is 45.5 Å². The van der Waals surface area contributed by atoms with Gasteiger partial charge >= 0.3 is 0 Å². The third-order valence-corrected chi connectivity index (χ3v) is 4.17. The van der Waals surface area contributed by atoms with Gasteiger partial charge in [0.15, 0.2) is 0 Å². The minimum absolute atomic E-state index is 0.228. The second-order valence-corrected chi connectivity index (χ2v) is 5.89. The number of piperazine rings is 1. The molecule has 1 saturated heterocycles. The molecule has 0 saturated carbocycles. The minimum atomic E-state index is 0.228. The molecular formula is C16H25N5O. The summed E-state index contributed by atoms with van der Waals surface area (Å²) < 4.78 is 2.19. The van der Waals surface area contributed by atoms with Crippen LogP contribution in [0.3, 0.4) is 0 Å². The van der Waals surface area contributed by atoms with Gasteiger partial charge in [-0.15, -0.1) is 0 Å². The van der Waals surface area contributed by atoms with E-state index in [2.05, 4.69) is 55.9 Å². The summed E-state index contributed by atoms with van der Waals surface area (Å²) in [6, 6.07) is 6.30. The maximum absolute atomic E-state index is 8.81. The Hall–Kier alpha value is -1.63. The van der Waals surface area contributed by atoms with Crippen molar-refractivity contribution in [1.82, 2.24) is 19.6 Å². The summed E-state index contributed by atoms with van der Waals surface area (Å²) in [4.78, 5) is 9.47. The van der Waals surface area contributed by atoms with Gasteiger partial charge in [-0.3, -0.25) is 4.40 Å². The summed E-state index contributed by atoms with van der Waals surface area (Å²) in [5.41, 5.74) is 2.04. The Morgan fingerprint density at radius 3 is 2.82 bits per heavy atom. The Balaban J connectivity index is 1.75. The number of fused-ring (bicyclic) bond motifs is 1. The molecule has 2 N–H and O–H groups in total. The molecule has 0 aliphatic carbocycles. The van der Waals surface area contributed by atoms with Crippen molar-refractivity contribution in [2.75, 3.05) is 51.3 Å². The van der Waals surface area contributed by atoms with E-state index in [1.807, 2.05) is 0 Å². The zero-order valence-corrected chi connectivity index (χ0v) is 13.2. The number of aliphatic hydroxyl groups excluding tert-OH is 1. The van der Waals surface area contributed by atoms with Crippen LogP contribution in [0, 0.1) is 0 Å². The fourth-order valence-corrected chi connectivity index (χ4v) is 2.85. The minimum Gasteiger partial charge on any atom is -0.396 e. The summed E-state index contributed by atoms with van der Waals surface area (Å²) in [7, 11) is 2.17. The zero-order chi connectivity index (χ0) is 15.4. The first kappa shape index (κ1) is 15.3. The van der Waals surface area contributed by atoms with Gasteiger partial charge in [-0.1, -0.05) is 6.07 Å². The molecule has 3 heterocycles. The number of anilines is 1. The van der Waals surface area contributed by atoms with Crippen LogP contribution in [0.4, 0.5) is 5.82 Å². The first-order valence-electron chi connectivity index (χ1n) is 8.00. The van der Waals surface area contributed by atoms with Crippen molar-refractivity contribution in [1.29, 1.82) is 0 Å². The Morgan fingerprint density at radius 1 is 1.23 bits per heavy atom. The van der Waals surface area contributed by atoms with Crippen molar-refractivity contribution in [3.63, 3.8) is 0 Å². The quantitative estimate of drug-likeness (QED) is 0.764. The third-order valence-electron chi connectivity index (χ3n) is 4.17. The van der Waals surface area contributed by atoms with Gasteiger partial charge < -0.3 is 20.2 Å². The van der Waals surface area contributed by atoms with E-state index in [1.165, 1.54) is 5.82 Å². The molecule has 1 aliphatic rings. The van der Waals surface area contributed by atoms with Gasteiger partial charge in [-0.05, 0) is 32.1 Å². The first-order valence-corrected chi connectivity index (χ1v) is 8.00. The fourth-order valence-electron chi connectivity index (χ4n) is 2.85. The van der Waals surface area contributed by atoms with E-state index in [9.17, 15) is 0 Å². The van der Waals surface area contributed by atoms with Crippen molar-refractivity contribution >= 4 is 11.5 Å². The van der Waals surface area contributed by atoms with E-state index in [-0.39, 0.29) is 6.61 Å². The summed E-state index contributed by atoms with van der Waals surface area (Å²) in [6.07, 6.45) is 2.90. The Bertz CT molecular complexity index is 604. The van der Waals surface area contributed by atoms with Crippen LogP contribution in [0.5, 0.6) is 0 Å². The normalized spacial score (nSPS) is 16.5. The van der Waals surface area contributed by atoms with E-state index in [0.717, 1.165) is 57.0 Å². The molecule has 6 nitrogen and oxygen atoms in total. The molecule has 3 rings (SSSR count). The van der Waals surface area contributed by atoms with Crippen molar-refractivity contribution < 1.29 is 5.11 Å². The molecule has 0 radical (unpaired) electrons. The lowest BCUT2D eigenvalue weighted by atomic mass is 10.3. The fraction of sp³-hybridized carbons (Fsp3) is 0.562. The van der Waals surface area contributed by atoms with Crippen LogP contribution in [0.25, 0.3) is 5.65 Å². The van der Waals surface area contributed by atoms with Crippen LogP contribution in [0.2, 0.25) is 0 Å². The van der Waals surface area contributed by atoms with E-state index in [4.69, 9.17) is 5.11 Å². The van der Waals surface area contributed by atoms with Crippen molar-refractivity contribution in [3.8, 4) is 0 Å². The molecule has 2 aromatic rings. The molecule has 2 aromatic heterocycles. The van der Waals surface area contributed by atoms with Crippen LogP contribution in [-0.4, -0.2) is 65.8 Å². The molecule has 0 spiro atoms. The second kappa shape index (κ2) is 7.09. The first-order chi connectivity index (χ1) is 10.8. The van der Waals surface area contributed by atoms with E-state index >= 15 is 0 Å². The van der Waals surface area contributed by atoms with Crippen LogP contribution in [0.1, 0.15) is 12.1 Å². The SMILES string of the molecule is CN1CCN(c2cccc3nc(CNCCCO)cn23)CC1. The van der Waals surface area contributed by atoms with Gasteiger partial charge in [0.2, 0.25) is 0 Å². The van der Waals surface area contributed by atoms with Crippen LogP contribution >= 0.6 is 0 Å². The number of pyridine rings is 1. The van der Waals surface area contributed by atoms with E-state index in [0.29, 0.717) is 0 Å². The summed E-state index contributed by atoms with van der Waals surface area (Å²) >= 11 is 0. The molecule has 0 amide bonds. The molecule has 1 fully saturated rings. The second-order valence-electron chi connectivity index (χ2n) is 5.89. The Kier molecular flexibility index (Phi) is 4.92. The Labute approximate surface area is 131 Å². The molecule has 0 aromatic carbocycles.